The summed E-state index contributed by atoms with van der Waals surface area (Å²) in [6.07, 6.45) is 3.81. The highest BCUT2D eigenvalue weighted by Gasteiger charge is 2.51. The summed E-state index contributed by atoms with van der Waals surface area (Å²) >= 11 is 0. The van der Waals surface area contributed by atoms with E-state index in [1.165, 1.54) is 0 Å². The van der Waals surface area contributed by atoms with Crippen LogP contribution in [0.3, 0.4) is 0 Å². The number of carbonyl (C=O) groups is 2. The van der Waals surface area contributed by atoms with Crippen molar-refractivity contribution < 1.29 is 27.5 Å². The second-order valence-electron chi connectivity index (χ2n) is 8.59. The average Bonchev–Trinajstić information content (AvgIpc) is 3.09. The van der Waals surface area contributed by atoms with Gasteiger partial charge in [-0.05, 0) is 57.1 Å². The highest BCUT2D eigenvalue weighted by atomic mass is 19.2. The average molecular weight is 410 g/mol. The van der Waals surface area contributed by atoms with Crippen LogP contribution in [0, 0.1) is 29.3 Å². The number of nitrogens with one attached hydrogen (secondary N) is 1. The second-order valence-corrected chi connectivity index (χ2v) is 8.59. The van der Waals surface area contributed by atoms with E-state index in [0.29, 0.717) is 45.2 Å². The minimum Gasteiger partial charge on any atom is -0.487 e. The van der Waals surface area contributed by atoms with Crippen molar-refractivity contribution in [1.82, 2.24) is 10.2 Å². The Balaban J connectivity index is 1.27. The molecule has 1 aliphatic carbocycles. The molecule has 1 N–H and O–H groups in total. The predicted molar refractivity (Wildman–Crippen MR) is 98.5 cm³/mol. The smallest absolute Gasteiger partial charge is 0.225 e. The number of carbonyl (C=O) groups excluding carboxylic acids is 2. The fourth-order valence-corrected chi connectivity index (χ4v) is 4.88. The van der Waals surface area contributed by atoms with Crippen LogP contribution in [0.25, 0.3) is 0 Å². The Kier molecular flexibility index (Phi) is 5.21. The van der Waals surface area contributed by atoms with Gasteiger partial charge in [0, 0.05) is 31.0 Å². The van der Waals surface area contributed by atoms with E-state index in [1.54, 1.807) is 6.92 Å². The van der Waals surface area contributed by atoms with Gasteiger partial charge in [0.05, 0.1) is 6.10 Å². The molecule has 1 aromatic rings. The first-order valence-electron chi connectivity index (χ1n) is 10.2. The third-order valence-electron chi connectivity index (χ3n) is 6.69. The van der Waals surface area contributed by atoms with E-state index in [0.717, 1.165) is 18.6 Å². The molecule has 8 heteroatoms. The van der Waals surface area contributed by atoms with Crippen LogP contribution in [0.2, 0.25) is 0 Å². The summed E-state index contributed by atoms with van der Waals surface area (Å²) < 4.78 is 45.8. The number of hydrogen-bond donors (Lipinski definition) is 1. The Hall–Kier alpha value is -2.25. The van der Waals surface area contributed by atoms with Gasteiger partial charge in [0.2, 0.25) is 17.6 Å². The molecular formula is C21H25F3N2O3. The fourth-order valence-electron chi connectivity index (χ4n) is 4.88. The number of amides is 2. The molecule has 2 amide bonds. The monoisotopic (exact) mass is 410 g/mol. The lowest BCUT2D eigenvalue weighted by atomic mass is 9.67. The highest BCUT2D eigenvalue weighted by molar-refractivity contribution is 5.83. The van der Waals surface area contributed by atoms with Crippen LogP contribution < -0.4 is 10.1 Å². The van der Waals surface area contributed by atoms with Gasteiger partial charge in [-0.3, -0.25) is 9.59 Å². The molecule has 2 aliphatic heterocycles. The van der Waals surface area contributed by atoms with E-state index in [9.17, 15) is 22.8 Å². The van der Waals surface area contributed by atoms with Gasteiger partial charge in [-0.1, -0.05) is 0 Å². The number of nitrogens with zero attached hydrogens (tertiary/aromatic N) is 1. The predicted octanol–water partition coefficient (Wildman–Crippen LogP) is 3.17. The van der Waals surface area contributed by atoms with Gasteiger partial charge in [-0.25, -0.2) is 8.78 Å². The number of likely N-dealkylation sites (tertiary alicyclic amines) is 1. The molecular weight excluding hydrogens is 385 g/mol. The van der Waals surface area contributed by atoms with E-state index < -0.39 is 17.5 Å². The molecule has 3 fully saturated rings. The fraction of sp³-hybridized carbons (Fsp3) is 0.619. The van der Waals surface area contributed by atoms with Crippen molar-refractivity contribution in [3.63, 3.8) is 0 Å². The van der Waals surface area contributed by atoms with Crippen molar-refractivity contribution in [3.8, 4) is 5.75 Å². The van der Waals surface area contributed by atoms with Crippen molar-refractivity contribution in [1.29, 1.82) is 0 Å². The molecule has 0 bridgehead atoms. The lowest BCUT2D eigenvalue weighted by Crippen LogP contribution is -2.57. The Morgan fingerprint density at radius 3 is 2.52 bits per heavy atom. The third kappa shape index (κ3) is 3.81. The van der Waals surface area contributed by atoms with Crippen molar-refractivity contribution in [2.75, 3.05) is 13.1 Å². The Morgan fingerprint density at radius 2 is 1.90 bits per heavy atom. The number of hydrogen-bond acceptors (Lipinski definition) is 3. The van der Waals surface area contributed by atoms with Crippen LogP contribution >= 0.6 is 0 Å². The molecule has 2 heterocycles. The van der Waals surface area contributed by atoms with Crippen molar-refractivity contribution >= 4 is 11.8 Å². The van der Waals surface area contributed by atoms with E-state index in [1.807, 2.05) is 4.90 Å². The zero-order valence-electron chi connectivity index (χ0n) is 16.3. The van der Waals surface area contributed by atoms with Crippen molar-refractivity contribution in [2.45, 2.75) is 57.1 Å². The van der Waals surface area contributed by atoms with Crippen LogP contribution in [0.5, 0.6) is 5.75 Å². The molecule has 3 aliphatic rings. The number of piperidine rings is 1. The maximum atomic E-state index is 13.8. The normalized spacial score (nSPS) is 28.2. The number of halogens is 3. The molecule has 1 spiro atoms. The largest absolute Gasteiger partial charge is 0.487 e. The van der Waals surface area contributed by atoms with E-state index in [-0.39, 0.29) is 41.0 Å². The van der Waals surface area contributed by atoms with Gasteiger partial charge < -0.3 is 15.0 Å². The third-order valence-corrected chi connectivity index (χ3v) is 6.69. The first kappa shape index (κ1) is 20.0. The Labute approximate surface area is 167 Å². The lowest BCUT2D eigenvalue weighted by molar-refractivity contribution is -0.143. The molecule has 1 aromatic carbocycles. The Bertz CT molecular complexity index is 818. The minimum absolute atomic E-state index is 0.0325. The Morgan fingerprint density at radius 1 is 1.21 bits per heavy atom. The van der Waals surface area contributed by atoms with Crippen LogP contribution in [-0.4, -0.2) is 41.4 Å². The SMILES string of the molecule is CC(Oc1ccc(F)c(F)c1F)C1CCN(C(=O)[C@H]2C[C@@]3(CCC(=O)N3)C2)CC1. The summed E-state index contributed by atoms with van der Waals surface area (Å²) in [5.74, 6) is -4.13. The van der Waals surface area contributed by atoms with Gasteiger partial charge in [0.15, 0.2) is 17.4 Å². The van der Waals surface area contributed by atoms with Crippen LogP contribution in [0.1, 0.15) is 45.4 Å². The zero-order chi connectivity index (χ0) is 20.8. The molecule has 2 saturated heterocycles. The minimum atomic E-state index is -1.54. The van der Waals surface area contributed by atoms with Gasteiger partial charge >= 0.3 is 0 Å². The molecule has 1 saturated carbocycles. The van der Waals surface area contributed by atoms with E-state index in [4.69, 9.17) is 4.74 Å². The van der Waals surface area contributed by atoms with Gasteiger partial charge in [-0.15, -0.1) is 0 Å². The number of ether oxygens (including phenoxy) is 1. The van der Waals surface area contributed by atoms with Gasteiger partial charge in [0.1, 0.15) is 0 Å². The number of benzene rings is 1. The molecule has 1 unspecified atom stereocenters. The summed E-state index contributed by atoms with van der Waals surface area (Å²) in [7, 11) is 0. The van der Waals surface area contributed by atoms with Crippen LogP contribution in [0.4, 0.5) is 13.2 Å². The lowest BCUT2D eigenvalue weighted by Gasteiger charge is -2.46. The molecule has 158 valence electrons. The summed E-state index contributed by atoms with van der Waals surface area (Å²) in [4.78, 5) is 26.0. The van der Waals surface area contributed by atoms with E-state index in [2.05, 4.69) is 5.32 Å². The topological polar surface area (TPSA) is 58.6 Å². The number of rotatable bonds is 4. The van der Waals surface area contributed by atoms with Crippen molar-refractivity contribution in [2.24, 2.45) is 11.8 Å². The van der Waals surface area contributed by atoms with E-state index >= 15 is 0 Å². The molecule has 29 heavy (non-hydrogen) atoms. The zero-order valence-corrected chi connectivity index (χ0v) is 16.3. The summed E-state index contributed by atoms with van der Waals surface area (Å²) in [6.45, 7) is 2.96. The standard InChI is InChI=1S/C21H25F3N2O3/c1-12(29-16-3-2-15(22)18(23)19(16)24)13-5-8-26(9-6-13)20(28)14-10-21(11-14)7-4-17(27)25-21/h2-3,12-14H,4-11H2,1H3,(H,25,27)/t12?,14-,21-. The van der Waals surface area contributed by atoms with Crippen molar-refractivity contribution in [3.05, 3.63) is 29.6 Å². The van der Waals surface area contributed by atoms with Gasteiger partial charge in [0.25, 0.3) is 0 Å². The molecule has 4 rings (SSSR count). The first-order chi connectivity index (χ1) is 13.8. The van der Waals surface area contributed by atoms with Crippen LogP contribution in [-0.2, 0) is 9.59 Å². The maximum absolute atomic E-state index is 13.8. The van der Waals surface area contributed by atoms with Crippen LogP contribution in [0.15, 0.2) is 12.1 Å². The molecule has 5 nitrogen and oxygen atoms in total. The molecule has 0 aromatic heterocycles. The maximum Gasteiger partial charge on any atom is 0.225 e. The summed E-state index contributed by atoms with van der Waals surface area (Å²) in [6, 6.07) is 1.94. The highest BCUT2D eigenvalue weighted by Crippen LogP contribution is 2.45. The molecule has 0 radical (unpaired) electrons. The second kappa shape index (κ2) is 7.54. The molecule has 1 atom stereocenters. The summed E-state index contributed by atoms with van der Waals surface area (Å²) in [5, 5.41) is 3.00. The quantitative estimate of drug-likeness (QED) is 0.776. The summed E-state index contributed by atoms with van der Waals surface area (Å²) in [5.41, 5.74) is -0.160. The van der Waals surface area contributed by atoms with Gasteiger partial charge in [-0.2, -0.15) is 4.39 Å². The first-order valence-corrected chi connectivity index (χ1v) is 10.2.